The third-order valence-corrected chi connectivity index (χ3v) is 2.27. The summed E-state index contributed by atoms with van der Waals surface area (Å²) in [4.78, 5) is 8.07. The maximum Gasteiger partial charge on any atom is 0.187 e. The zero-order valence-corrected chi connectivity index (χ0v) is 7.11. The zero-order chi connectivity index (χ0) is 7.23. The molecule has 1 heterocycles. The van der Waals surface area contributed by atoms with E-state index < -0.39 is 0 Å². The molecule has 0 bridgehead atoms. The van der Waals surface area contributed by atoms with Gasteiger partial charge in [0.15, 0.2) is 5.16 Å². The van der Waals surface area contributed by atoms with Crippen molar-refractivity contribution in [2.45, 2.75) is 5.16 Å². The highest BCUT2D eigenvalue weighted by Crippen LogP contribution is 2.09. The van der Waals surface area contributed by atoms with E-state index in [0.717, 1.165) is 16.7 Å². The molecule has 0 spiro atoms. The lowest BCUT2D eigenvalue weighted by Gasteiger charge is -1.93. The van der Waals surface area contributed by atoms with Crippen LogP contribution in [0.3, 0.4) is 0 Å². The average molecular weight is 172 g/mol. The van der Waals surface area contributed by atoms with E-state index in [1.54, 1.807) is 24.2 Å². The van der Waals surface area contributed by atoms with Crippen molar-refractivity contribution in [3.05, 3.63) is 18.5 Å². The van der Waals surface area contributed by atoms with Crippen LogP contribution in [0.2, 0.25) is 0 Å². The van der Waals surface area contributed by atoms with E-state index in [-0.39, 0.29) is 0 Å². The van der Waals surface area contributed by atoms with Crippen molar-refractivity contribution < 1.29 is 0 Å². The van der Waals surface area contributed by atoms with E-state index in [9.17, 15) is 0 Å². The smallest absolute Gasteiger partial charge is 0.187 e. The molecule has 0 saturated heterocycles. The topological polar surface area (TPSA) is 25.8 Å². The Kier molecular flexibility index (Phi) is 3.60. The van der Waals surface area contributed by atoms with Crippen molar-refractivity contribution in [3.63, 3.8) is 0 Å². The van der Waals surface area contributed by atoms with Gasteiger partial charge in [-0.3, -0.25) is 0 Å². The van der Waals surface area contributed by atoms with Crippen molar-refractivity contribution >= 4 is 24.4 Å². The quantitative estimate of drug-likeness (QED) is 0.425. The summed E-state index contributed by atoms with van der Waals surface area (Å²) in [5.41, 5.74) is 0. The third kappa shape index (κ3) is 2.58. The average Bonchev–Trinajstić information content (AvgIpc) is 2.03. The lowest BCUT2D eigenvalue weighted by Crippen LogP contribution is -1.85. The number of rotatable bonds is 3. The fraction of sp³-hybridized carbons (Fsp3) is 0.333. The summed E-state index contributed by atoms with van der Waals surface area (Å²) in [5, 5.41) is 0.830. The predicted octanol–water partition coefficient (Wildman–Crippen LogP) is 1.50. The van der Waals surface area contributed by atoms with Crippen LogP contribution in [-0.4, -0.2) is 21.5 Å². The molecule has 0 unspecified atom stereocenters. The summed E-state index contributed by atoms with van der Waals surface area (Å²) in [6, 6.07) is 1.81. The molecule has 4 heteroatoms. The molecule has 0 saturated carbocycles. The minimum atomic E-state index is 0.830. The first-order valence-electron chi connectivity index (χ1n) is 2.94. The van der Waals surface area contributed by atoms with Gasteiger partial charge >= 0.3 is 0 Å². The third-order valence-electron chi connectivity index (χ3n) is 0.865. The fourth-order valence-corrected chi connectivity index (χ4v) is 1.32. The van der Waals surface area contributed by atoms with Gasteiger partial charge in [0.05, 0.1) is 0 Å². The van der Waals surface area contributed by atoms with Crippen LogP contribution < -0.4 is 0 Å². The van der Waals surface area contributed by atoms with Crippen molar-refractivity contribution in [2.75, 3.05) is 11.5 Å². The fourth-order valence-electron chi connectivity index (χ4n) is 0.497. The van der Waals surface area contributed by atoms with Gasteiger partial charge in [-0.25, -0.2) is 9.97 Å². The van der Waals surface area contributed by atoms with Gasteiger partial charge in [-0.15, -0.1) is 0 Å². The first kappa shape index (κ1) is 7.88. The lowest BCUT2D eigenvalue weighted by molar-refractivity contribution is 0.968. The number of aromatic nitrogens is 2. The molecule has 0 atom stereocenters. The molecule has 0 aliphatic rings. The number of thioether (sulfide) groups is 1. The number of hydrogen-bond donors (Lipinski definition) is 1. The van der Waals surface area contributed by atoms with E-state index in [1.165, 1.54) is 0 Å². The van der Waals surface area contributed by atoms with E-state index in [4.69, 9.17) is 0 Å². The minimum Gasteiger partial charge on any atom is -0.231 e. The largest absolute Gasteiger partial charge is 0.231 e. The van der Waals surface area contributed by atoms with Gasteiger partial charge in [-0.2, -0.15) is 12.6 Å². The zero-order valence-electron chi connectivity index (χ0n) is 5.40. The summed E-state index contributed by atoms with van der Waals surface area (Å²) in [5.74, 6) is 1.83. The second-order valence-corrected chi connectivity index (χ2v) is 3.11. The van der Waals surface area contributed by atoms with Gasteiger partial charge < -0.3 is 0 Å². The SMILES string of the molecule is SCCSc1ncccn1. The van der Waals surface area contributed by atoms with E-state index in [2.05, 4.69) is 22.6 Å². The molecular formula is C6H8N2S2. The Morgan fingerprint density at radius 3 is 2.70 bits per heavy atom. The summed E-state index contributed by atoms with van der Waals surface area (Å²) in [7, 11) is 0. The van der Waals surface area contributed by atoms with Crippen LogP contribution in [-0.2, 0) is 0 Å². The summed E-state index contributed by atoms with van der Waals surface area (Å²) in [6.45, 7) is 0. The lowest BCUT2D eigenvalue weighted by atomic mass is 10.7. The van der Waals surface area contributed by atoms with Crippen molar-refractivity contribution in [2.24, 2.45) is 0 Å². The van der Waals surface area contributed by atoms with E-state index >= 15 is 0 Å². The van der Waals surface area contributed by atoms with Crippen LogP contribution in [0.5, 0.6) is 0 Å². The molecule has 10 heavy (non-hydrogen) atoms. The summed E-state index contributed by atoms with van der Waals surface area (Å²) in [6.07, 6.45) is 3.49. The van der Waals surface area contributed by atoms with Gasteiger partial charge in [0, 0.05) is 18.1 Å². The molecule has 2 nitrogen and oxygen atoms in total. The molecule has 0 radical (unpaired) electrons. The van der Waals surface area contributed by atoms with Crippen LogP contribution >= 0.6 is 24.4 Å². The number of hydrogen-bond acceptors (Lipinski definition) is 4. The highest BCUT2D eigenvalue weighted by atomic mass is 32.2. The second-order valence-electron chi connectivity index (χ2n) is 1.60. The molecule has 1 aromatic rings. The van der Waals surface area contributed by atoms with Crippen LogP contribution in [0.15, 0.2) is 23.6 Å². The molecule has 0 aliphatic carbocycles. The van der Waals surface area contributed by atoms with Crippen LogP contribution in [0.4, 0.5) is 0 Å². The standard InChI is InChI=1S/C6H8N2S2/c9-4-5-10-6-7-2-1-3-8-6/h1-3,9H,4-5H2. The normalized spacial score (nSPS) is 9.70. The molecule has 0 fully saturated rings. The Labute approximate surface area is 69.9 Å². The van der Waals surface area contributed by atoms with Gasteiger partial charge in [0.1, 0.15) is 0 Å². The van der Waals surface area contributed by atoms with Crippen molar-refractivity contribution in [1.29, 1.82) is 0 Å². The summed E-state index contributed by atoms with van der Waals surface area (Å²) < 4.78 is 0. The maximum absolute atomic E-state index is 4.07. The van der Waals surface area contributed by atoms with Crippen molar-refractivity contribution in [1.82, 2.24) is 9.97 Å². The maximum atomic E-state index is 4.07. The van der Waals surface area contributed by atoms with Gasteiger partial charge in [-0.1, -0.05) is 11.8 Å². The Morgan fingerprint density at radius 2 is 2.10 bits per heavy atom. The van der Waals surface area contributed by atoms with Gasteiger partial charge in [0.2, 0.25) is 0 Å². The monoisotopic (exact) mass is 172 g/mol. The molecular weight excluding hydrogens is 164 g/mol. The van der Waals surface area contributed by atoms with Crippen molar-refractivity contribution in [3.8, 4) is 0 Å². The van der Waals surface area contributed by atoms with Crippen LogP contribution in [0.1, 0.15) is 0 Å². The number of nitrogens with zero attached hydrogens (tertiary/aromatic N) is 2. The molecule has 0 N–H and O–H groups in total. The van der Waals surface area contributed by atoms with E-state index in [1.807, 2.05) is 6.07 Å². The van der Waals surface area contributed by atoms with Gasteiger partial charge in [0.25, 0.3) is 0 Å². The Bertz CT molecular complexity index is 178. The number of thiol groups is 1. The summed E-state index contributed by atoms with van der Waals surface area (Å²) >= 11 is 5.70. The van der Waals surface area contributed by atoms with Crippen LogP contribution in [0.25, 0.3) is 0 Å². The molecule has 0 aliphatic heterocycles. The molecule has 0 aromatic carbocycles. The Balaban J connectivity index is 2.43. The Hall–Kier alpha value is -0.220. The first-order chi connectivity index (χ1) is 4.93. The second kappa shape index (κ2) is 4.57. The highest BCUT2D eigenvalue weighted by Gasteiger charge is 1.91. The molecule has 1 rings (SSSR count). The predicted molar refractivity (Wildman–Crippen MR) is 46.6 cm³/mol. The Morgan fingerprint density at radius 1 is 1.40 bits per heavy atom. The first-order valence-corrected chi connectivity index (χ1v) is 4.56. The van der Waals surface area contributed by atoms with Gasteiger partial charge in [-0.05, 0) is 11.8 Å². The van der Waals surface area contributed by atoms with Crippen LogP contribution in [0, 0.1) is 0 Å². The highest BCUT2D eigenvalue weighted by molar-refractivity contribution is 7.99. The molecule has 1 aromatic heterocycles. The molecule has 0 amide bonds. The minimum absolute atomic E-state index is 0.830. The van der Waals surface area contributed by atoms with E-state index in [0.29, 0.717) is 0 Å². The molecule has 54 valence electrons.